The van der Waals surface area contributed by atoms with Crippen LogP contribution in [0.1, 0.15) is 39.5 Å². The highest BCUT2D eigenvalue weighted by molar-refractivity contribution is 6.07. The molecule has 2 aromatic carbocycles. The predicted molar refractivity (Wildman–Crippen MR) is 104 cm³/mol. The first-order chi connectivity index (χ1) is 12.2. The molecule has 0 saturated carbocycles. The van der Waals surface area contributed by atoms with E-state index < -0.39 is 0 Å². The van der Waals surface area contributed by atoms with Crippen molar-refractivity contribution in [3.05, 3.63) is 48.5 Å². The molecule has 0 aliphatic carbocycles. The summed E-state index contributed by atoms with van der Waals surface area (Å²) in [5, 5.41) is 2.66. The van der Waals surface area contributed by atoms with E-state index in [1.807, 2.05) is 13.8 Å². The van der Waals surface area contributed by atoms with Crippen molar-refractivity contribution in [3.8, 4) is 0 Å². The van der Waals surface area contributed by atoms with E-state index in [0.717, 1.165) is 32.2 Å². The Kier molecular flexibility index (Phi) is 5.75. The molecule has 25 heavy (non-hydrogen) atoms. The minimum absolute atomic E-state index is 0.0321. The van der Waals surface area contributed by atoms with Crippen LogP contribution in [0.2, 0.25) is 0 Å². The zero-order valence-electron chi connectivity index (χ0n) is 15.2. The van der Waals surface area contributed by atoms with Crippen LogP contribution in [-0.2, 0) is 16.1 Å². The average molecular weight is 337 g/mol. The summed E-state index contributed by atoms with van der Waals surface area (Å²) in [4.78, 5) is 11.4. The van der Waals surface area contributed by atoms with Crippen molar-refractivity contribution >= 4 is 27.8 Å². The number of aromatic nitrogens is 1. The van der Waals surface area contributed by atoms with Crippen LogP contribution in [0, 0.1) is 5.92 Å². The van der Waals surface area contributed by atoms with Gasteiger partial charge in [0.15, 0.2) is 0 Å². The number of fused-ring (bicyclic) bond motifs is 3. The number of esters is 1. The molecule has 0 unspecified atom stereocenters. The van der Waals surface area contributed by atoms with Crippen LogP contribution in [0.3, 0.4) is 0 Å². The van der Waals surface area contributed by atoms with Gasteiger partial charge in [-0.25, -0.2) is 0 Å². The Labute approximate surface area is 149 Å². The van der Waals surface area contributed by atoms with Gasteiger partial charge in [-0.15, -0.1) is 0 Å². The summed E-state index contributed by atoms with van der Waals surface area (Å²) in [6.07, 6.45) is 4.34. The number of hydrogen-bond acceptors (Lipinski definition) is 2. The number of ether oxygens (including phenoxy) is 1. The number of hydrogen-bond donors (Lipinski definition) is 0. The number of benzene rings is 2. The van der Waals surface area contributed by atoms with E-state index in [1.165, 1.54) is 21.8 Å². The molecule has 0 aliphatic heterocycles. The number of para-hydroxylation sites is 2. The highest BCUT2D eigenvalue weighted by Gasteiger charge is 2.09. The van der Waals surface area contributed by atoms with E-state index in [1.54, 1.807) is 0 Å². The molecule has 1 aromatic heterocycles. The monoisotopic (exact) mass is 337 g/mol. The normalized spacial score (nSPS) is 11.5. The van der Waals surface area contributed by atoms with Gasteiger partial charge in [-0.2, -0.15) is 0 Å². The SMILES string of the molecule is CC(C)C(=O)OCCCCCCn1c2ccccc2c2ccccc21. The lowest BCUT2D eigenvalue weighted by Crippen LogP contribution is -2.12. The van der Waals surface area contributed by atoms with Gasteiger partial charge in [0, 0.05) is 28.4 Å². The van der Waals surface area contributed by atoms with E-state index in [0.29, 0.717) is 6.61 Å². The van der Waals surface area contributed by atoms with Crippen molar-refractivity contribution in [2.24, 2.45) is 5.92 Å². The molecule has 0 fully saturated rings. The number of carbonyl (C=O) groups is 1. The molecule has 3 nitrogen and oxygen atoms in total. The van der Waals surface area contributed by atoms with E-state index in [9.17, 15) is 4.79 Å². The molecule has 0 saturated heterocycles. The first kappa shape index (κ1) is 17.5. The molecular formula is C22H27NO2. The number of rotatable bonds is 8. The number of nitrogens with zero attached hydrogens (tertiary/aromatic N) is 1. The van der Waals surface area contributed by atoms with Crippen molar-refractivity contribution in [3.63, 3.8) is 0 Å². The highest BCUT2D eigenvalue weighted by atomic mass is 16.5. The van der Waals surface area contributed by atoms with Crippen molar-refractivity contribution in [2.75, 3.05) is 6.61 Å². The largest absolute Gasteiger partial charge is 0.465 e. The zero-order chi connectivity index (χ0) is 17.6. The second-order valence-corrected chi connectivity index (χ2v) is 6.92. The smallest absolute Gasteiger partial charge is 0.308 e. The highest BCUT2D eigenvalue weighted by Crippen LogP contribution is 2.29. The molecule has 0 aliphatic rings. The predicted octanol–water partition coefficient (Wildman–Crippen LogP) is 5.55. The lowest BCUT2D eigenvalue weighted by molar-refractivity contribution is -0.147. The van der Waals surface area contributed by atoms with Crippen LogP contribution in [0.15, 0.2) is 48.5 Å². The second kappa shape index (κ2) is 8.19. The molecule has 0 N–H and O–H groups in total. The number of unbranched alkanes of at least 4 members (excludes halogenated alkanes) is 3. The third-order valence-corrected chi connectivity index (χ3v) is 4.67. The minimum Gasteiger partial charge on any atom is -0.465 e. The number of aryl methyl sites for hydroxylation is 1. The van der Waals surface area contributed by atoms with Crippen LogP contribution < -0.4 is 0 Å². The first-order valence-electron chi connectivity index (χ1n) is 9.31. The lowest BCUT2D eigenvalue weighted by Gasteiger charge is -2.08. The summed E-state index contributed by atoms with van der Waals surface area (Å²) in [6.45, 7) is 5.31. The molecule has 132 valence electrons. The van der Waals surface area contributed by atoms with Gasteiger partial charge < -0.3 is 9.30 Å². The summed E-state index contributed by atoms with van der Waals surface area (Å²) < 4.78 is 7.66. The maximum atomic E-state index is 11.4. The van der Waals surface area contributed by atoms with E-state index in [-0.39, 0.29) is 11.9 Å². The van der Waals surface area contributed by atoms with Crippen LogP contribution in [-0.4, -0.2) is 17.1 Å². The van der Waals surface area contributed by atoms with Crippen molar-refractivity contribution in [1.82, 2.24) is 4.57 Å². The van der Waals surface area contributed by atoms with E-state index in [2.05, 4.69) is 53.1 Å². The lowest BCUT2D eigenvalue weighted by atomic mass is 10.2. The molecular weight excluding hydrogens is 310 g/mol. The molecule has 1 heterocycles. The topological polar surface area (TPSA) is 31.2 Å². The summed E-state index contributed by atoms with van der Waals surface area (Å²) in [5.74, 6) is -0.124. The quantitative estimate of drug-likeness (QED) is 0.398. The average Bonchev–Trinajstić information content (AvgIpc) is 2.95. The summed E-state index contributed by atoms with van der Waals surface area (Å²) in [6, 6.07) is 17.3. The molecule has 0 radical (unpaired) electrons. The van der Waals surface area contributed by atoms with Gasteiger partial charge in [-0.3, -0.25) is 4.79 Å². The second-order valence-electron chi connectivity index (χ2n) is 6.92. The molecule has 0 bridgehead atoms. The van der Waals surface area contributed by atoms with Crippen molar-refractivity contribution < 1.29 is 9.53 Å². The van der Waals surface area contributed by atoms with Gasteiger partial charge in [0.25, 0.3) is 0 Å². The maximum absolute atomic E-state index is 11.4. The Morgan fingerprint density at radius 1 is 0.880 bits per heavy atom. The van der Waals surface area contributed by atoms with Gasteiger partial charge >= 0.3 is 5.97 Å². The van der Waals surface area contributed by atoms with Gasteiger partial charge in [-0.1, -0.05) is 56.7 Å². The maximum Gasteiger partial charge on any atom is 0.308 e. The minimum atomic E-state index is -0.0923. The Morgan fingerprint density at radius 2 is 1.44 bits per heavy atom. The van der Waals surface area contributed by atoms with Gasteiger partial charge in [0.05, 0.1) is 12.5 Å². The van der Waals surface area contributed by atoms with Gasteiger partial charge in [-0.05, 0) is 31.4 Å². The van der Waals surface area contributed by atoms with Crippen molar-refractivity contribution in [1.29, 1.82) is 0 Å². The van der Waals surface area contributed by atoms with Crippen LogP contribution in [0.4, 0.5) is 0 Å². The molecule has 3 rings (SSSR count). The summed E-state index contributed by atoms with van der Waals surface area (Å²) in [5.41, 5.74) is 2.63. The molecule has 0 atom stereocenters. The van der Waals surface area contributed by atoms with Crippen molar-refractivity contribution in [2.45, 2.75) is 46.1 Å². The number of carbonyl (C=O) groups excluding carboxylic acids is 1. The molecule has 3 heteroatoms. The fraction of sp³-hybridized carbons (Fsp3) is 0.409. The molecule has 0 spiro atoms. The fourth-order valence-electron chi connectivity index (χ4n) is 3.31. The Bertz CT molecular complexity index is 794. The van der Waals surface area contributed by atoms with Gasteiger partial charge in [0.1, 0.15) is 0 Å². The van der Waals surface area contributed by atoms with Crippen LogP contribution in [0.5, 0.6) is 0 Å². The molecule has 0 amide bonds. The van der Waals surface area contributed by atoms with Crippen LogP contribution >= 0.6 is 0 Å². The third-order valence-electron chi connectivity index (χ3n) is 4.67. The standard InChI is InChI=1S/C22H27NO2/c1-17(2)22(24)25-16-10-4-3-9-15-23-20-13-7-5-11-18(20)19-12-6-8-14-21(19)23/h5-8,11-14,17H,3-4,9-10,15-16H2,1-2H3. The van der Waals surface area contributed by atoms with E-state index >= 15 is 0 Å². The molecule has 3 aromatic rings. The first-order valence-corrected chi connectivity index (χ1v) is 9.31. The fourth-order valence-corrected chi connectivity index (χ4v) is 3.31. The summed E-state index contributed by atoms with van der Waals surface area (Å²) in [7, 11) is 0. The third kappa shape index (κ3) is 4.04. The van der Waals surface area contributed by atoms with Crippen LogP contribution in [0.25, 0.3) is 21.8 Å². The Balaban J connectivity index is 1.54. The summed E-state index contributed by atoms with van der Waals surface area (Å²) >= 11 is 0. The van der Waals surface area contributed by atoms with Gasteiger partial charge in [0.2, 0.25) is 0 Å². The zero-order valence-corrected chi connectivity index (χ0v) is 15.2. The Hall–Kier alpha value is -2.29. The Morgan fingerprint density at radius 3 is 2.04 bits per heavy atom. The van der Waals surface area contributed by atoms with E-state index in [4.69, 9.17) is 4.74 Å².